The van der Waals surface area contributed by atoms with Crippen molar-refractivity contribution in [3.05, 3.63) is 41.3 Å². The van der Waals surface area contributed by atoms with Gasteiger partial charge in [0.2, 0.25) is 16.0 Å². The number of carbonyl (C=O) groups excluding carboxylic acids is 1. The second kappa shape index (κ2) is 12.1. The molecule has 0 atom stereocenters. The molecule has 0 unspecified atom stereocenters. The Hall–Kier alpha value is -3.17. The number of alkyl halides is 3. The van der Waals surface area contributed by atoms with Gasteiger partial charge < -0.3 is 20.4 Å². The Morgan fingerprint density at radius 2 is 1.95 bits per heavy atom. The summed E-state index contributed by atoms with van der Waals surface area (Å²) in [6, 6.07) is 3.98. The molecule has 1 aliphatic rings. The molecule has 0 bridgehead atoms. The summed E-state index contributed by atoms with van der Waals surface area (Å²) in [6.07, 6.45) is -0.353. The number of nitrogens with zero attached hydrogens (tertiary/aromatic N) is 2. The highest BCUT2D eigenvalue weighted by Gasteiger charge is 2.40. The molecule has 2 heterocycles. The smallest absolute Gasteiger partial charge is 0.434 e. The van der Waals surface area contributed by atoms with Gasteiger partial charge in [0.1, 0.15) is 0 Å². The van der Waals surface area contributed by atoms with Gasteiger partial charge in [-0.25, -0.2) is 27.9 Å². The minimum Gasteiger partial charge on any atom is -0.447 e. The van der Waals surface area contributed by atoms with Crippen LogP contribution in [0.2, 0.25) is 0 Å². The first-order valence-electron chi connectivity index (χ1n) is 12.8. The third kappa shape index (κ3) is 7.12. The Morgan fingerprint density at radius 3 is 2.55 bits per heavy atom. The fourth-order valence-electron chi connectivity index (χ4n) is 4.53. The van der Waals surface area contributed by atoms with Crippen LogP contribution in [-0.4, -0.2) is 48.2 Å². The van der Waals surface area contributed by atoms with Crippen LogP contribution in [0.1, 0.15) is 63.1 Å². The molecule has 0 radical (unpaired) electrons. The zero-order valence-electron chi connectivity index (χ0n) is 22.1. The van der Waals surface area contributed by atoms with E-state index in [0.29, 0.717) is 37.3 Å². The topological polar surface area (TPSA) is 138 Å². The first-order valence-corrected chi connectivity index (χ1v) is 15.1. The molecule has 218 valence electrons. The van der Waals surface area contributed by atoms with Crippen molar-refractivity contribution in [1.29, 1.82) is 0 Å². The molecule has 1 saturated carbocycles. The molecule has 2 aromatic heterocycles. The van der Waals surface area contributed by atoms with Gasteiger partial charge in [-0.05, 0) is 51.7 Å². The number of thiazole rings is 1. The fourth-order valence-corrected chi connectivity index (χ4v) is 7.17. The molecule has 1 amide bonds. The van der Waals surface area contributed by atoms with Crippen LogP contribution in [0.25, 0.3) is 10.4 Å². The summed E-state index contributed by atoms with van der Waals surface area (Å²) in [5, 5.41) is 6.00. The maximum absolute atomic E-state index is 14.2. The summed E-state index contributed by atoms with van der Waals surface area (Å²) >= 11 is 0.855. The van der Waals surface area contributed by atoms with Gasteiger partial charge >= 0.3 is 12.3 Å². The number of aromatic amines is 1. The molecule has 15 heteroatoms. The Bertz CT molecular complexity index is 1420. The van der Waals surface area contributed by atoms with E-state index in [1.165, 1.54) is 24.4 Å². The minimum atomic E-state index is -4.80. The first-order chi connectivity index (χ1) is 18.9. The highest BCUT2D eigenvalue weighted by Crippen LogP contribution is 2.46. The third-order valence-electron chi connectivity index (χ3n) is 6.26. The number of ether oxygens (including phenoxy) is 1. The highest BCUT2D eigenvalue weighted by atomic mass is 32.2. The number of amides is 1. The van der Waals surface area contributed by atoms with Gasteiger partial charge in [-0.3, -0.25) is 0 Å². The Kier molecular flexibility index (Phi) is 9.05. The van der Waals surface area contributed by atoms with Gasteiger partial charge in [-0.2, -0.15) is 13.2 Å². The number of anilines is 2. The van der Waals surface area contributed by atoms with Crippen LogP contribution in [0.15, 0.2) is 35.5 Å². The number of carbonyl (C=O) groups is 1. The van der Waals surface area contributed by atoms with Gasteiger partial charge in [0.25, 0.3) is 0 Å². The van der Waals surface area contributed by atoms with Gasteiger partial charge in [-0.1, -0.05) is 13.0 Å². The van der Waals surface area contributed by atoms with Crippen molar-refractivity contribution in [2.75, 3.05) is 11.9 Å². The molecule has 4 rings (SSSR count). The molecule has 10 nitrogen and oxygen atoms in total. The molecule has 3 aromatic rings. The van der Waals surface area contributed by atoms with Crippen molar-refractivity contribution in [2.45, 2.75) is 75.6 Å². The highest BCUT2D eigenvalue weighted by molar-refractivity contribution is 7.89. The molecule has 0 saturated heterocycles. The van der Waals surface area contributed by atoms with E-state index in [9.17, 15) is 26.4 Å². The lowest BCUT2D eigenvalue weighted by Gasteiger charge is -2.28. The number of halogens is 3. The van der Waals surface area contributed by atoms with E-state index >= 15 is 0 Å². The summed E-state index contributed by atoms with van der Waals surface area (Å²) in [5.74, 6) is 0.0888. The van der Waals surface area contributed by atoms with Crippen molar-refractivity contribution in [3.8, 4) is 10.4 Å². The molecule has 40 heavy (non-hydrogen) atoms. The van der Waals surface area contributed by atoms with E-state index in [4.69, 9.17) is 4.74 Å². The largest absolute Gasteiger partial charge is 0.447 e. The van der Waals surface area contributed by atoms with Gasteiger partial charge in [0.15, 0.2) is 5.69 Å². The van der Waals surface area contributed by atoms with Crippen LogP contribution in [0.4, 0.5) is 29.6 Å². The van der Waals surface area contributed by atoms with Crippen molar-refractivity contribution in [2.24, 2.45) is 0 Å². The van der Waals surface area contributed by atoms with Crippen molar-refractivity contribution >= 4 is 39.1 Å². The van der Waals surface area contributed by atoms with E-state index in [-0.39, 0.29) is 45.0 Å². The Morgan fingerprint density at radius 1 is 1.23 bits per heavy atom. The molecule has 1 aromatic carbocycles. The average molecular weight is 601 g/mol. The van der Waals surface area contributed by atoms with Crippen molar-refractivity contribution in [3.63, 3.8) is 0 Å². The lowest BCUT2D eigenvalue weighted by Crippen LogP contribution is -2.38. The van der Waals surface area contributed by atoms with Crippen molar-refractivity contribution in [1.82, 2.24) is 25.0 Å². The summed E-state index contributed by atoms with van der Waals surface area (Å²) in [6.45, 7) is 5.13. The minimum absolute atomic E-state index is 0.0552. The number of rotatable bonds is 9. The van der Waals surface area contributed by atoms with E-state index in [0.717, 1.165) is 11.3 Å². The Balaban J connectivity index is 1.66. The number of aromatic nitrogens is 3. The maximum atomic E-state index is 14.2. The Labute approximate surface area is 234 Å². The number of imidazole rings is 1. The predicted molar refractivity (Wildman–Crippen MR) is 145 cm³/mol. The zero-order chi connectivity index (χ0) is 29.1. The predicted octanol–water partition coefficient (Wildman–Crippen LogP) is 5.75. The lowest BCUT2D eigenvalue weighted by atomic mass is 9.86. The van der Waals surface area contributed by atoms with Crippen LogP contribution in [0, 0.1) is 0 Å². The molecule has 0 aliphatic heterocycles. The van der Waals surface area contributed by atoms with Gasteiger partial charge in [0.05, 0.1) is 20.9 Å². The van der Waals surface area contributed by atoms with E-state index in [1.54, 1.807) is 27.0 Å². The normalized spacial score (nSPS) is 18.1. The van der Waals surface area contributed by atoms with Crippen molar-refractivity contribution < 1.29 is 31.1 Å². The number of alkyl carbamates (subject to hydrolysis) is 1. The number of nitrogens with one attached hydrogen (secondary N) is 4. The number of hydrogen-bond donors (Lipinski definition) is 4. The second-order valence-electron chi connectivity index (χ2n) is 9.65. The SMILES string of the molecule is CCNS(=O)(=O)c1cc(Nc2ncc[nH]2)ccc1-c1sc(C2CCC(NC(=O)OC(C)C)CC2)nc1C(F)(F)F. The number of benzene rings is 1. The van der Waals surface area contributed by atoms with Crippen LogP contribution in [0.3, 0.4) is 0 Å². The maximum Gasteiger partial charge on any atom is 0.434 e. The third-order valence-corrected chi connectivity index (χ3v) is 9.10. The molecule has 4 N–H and O–H groups in total. The summed E-state index contributed by atoms with van der Waals surface area (Å²) < 4.78 is 76.4. The molecule has 1 aliphatic carbocycles. The fraction of sp³-hybridized carbons (Fsp3) is 0.480. The number of H-pyrrole nitrogens is 1. The van der Waals surface area contributed by atoms with Gasteiger partial charge in [-0.15, -0.1) is 11.3 Å². The monoisotopic (exact) mass is 600 g/mol. The van der Waals surface area contributed by atoms with Crippen LogP contribution in [-0.2, 0) is 20.9 Å². The second-order valence-corrected chi connectivity index (χ2v) is 12.4. The van der Waals surface area contributed by atoms with Crippen LogP contribution < -0.4 is 15.4 Å². The lowest BCUT2D eigenvalue weighted by molar-refractivity contribution is -0.140. The van der Waals surface area contributed by atoms with Crippen LogP contribution in [0.5, 0.6) is 0 Å². The zero-order valence-corrected chi connectivity index (χ0v) is 23.8. The van der Waals surface area contributed by atoms with Gasteiger partial charge in [0, 0.05) is 42.1 Å². The van der Waals surface area contributed by atoms with E-state index < -0.39 is 28.0 Å². The summed E-state index contributed by atoms with van der Waals surface area (Å²) in [5.41, 5.74) is -0.878. The first kappa shape index (κ1) is 29.8. The quantitative estimate of drug-likeness (QED) is 0.245. The number of sulfonamides is 1. The summed E-state index contributed by atoms with van der Waals surface area (Å²) in [7, 11) is -4.16. The van der Waals surface area contributed by atoms with Crippen LogP contribution >= 0.6 is 11.3 Å². The molecule has 0 spiro atoms. The average Bonchev–Trinajstić information content (AvgIpc) is 3.54. The van der Waals surface area contributed by atoms with E-state index in [1.807, 2.05) is 0 Å². The number of hydrogen-bond acceptors (Lipinski definition) is 8. The molecular weight excluding hydrogens is 569 g/mol. The molecule has 1 fully saturated rings. The summed E-state index contributed by atoms with van der Waals surface area (Å²) in [4.78, 5) is 22.2. The van der Waals surface area contributed by atoms with E-state index in [2.05, 4.69) is 30.3 Å². The molecular formula is C25H31F3N6O4S2. The standard InChI is InChI=1S/C25H31F3N6O4S2/c1-4-31-40(36,37)19-13-17(32-23-29-11-12-30-23)9-10-18(19)20-21(25(26,27)28)34-22(39-20)15-5-7-16(8-6-15)33-24(35)38-14(2)3/h9-16,31H,4-8H2,1-3H3,(H,33,35)(H2,29,30,32).